The molecule has 7 heteroatoms. The van der Waals surface area contributed by atoms with E-state index in [1.54, 1.807) is 12.1 Å². The van der Waals surface area contributed by atoms with Gasteiger partial charge in [0.25, 0.3) is 0 Å². The van der Waals surface area contributed by atoms with Crippen LogP contribution in [-0.2, 0) is 9.31 Å². The van der Waals surface area contributed by atoms with Crippen LogP contribution in [0, 0.1) is 5.95 Å². The number of pyridine rings is 1. The summed E-state index contributed by atoms with van der Waals surface area (Å²) in [5.41, 5.74) is -0.721. The molecule has 0 aliphatic carbocycles. The number of hydrogen-bond acceptors (Lipinski definition) is 5. The molecule has 2 heterocycles. The van der Waals surface area contributed by atoms with Crippen LogP contribution in [0.2, 0.25) is 0 Å². The van der Waals surface area contributed by atoms with Gasteiger partial charge in [-0.1, -0.05) is 6.07 Å². The van der Waals surface area contributed by atoms with Crippen molar-refractivity contribution in [2.75, 3.05) is 27.2 Å². The van der Waals surface area contributed by atoms with E-state index in [4.69, 9.17) is 14.0 Å². The van der Waals surface area contributed by atoms with Crippen molar-refractivity contribution in [2.24, 2.45) is 0 Å². The fraction of sp³-hybridized carbons (Fsp3) is 0.688. The summed E-state index contributed by atoms with van der Waals surface area (Å²) in [6.07, 6.45) is 0.856. The lowest BCUT2D eigenvalue weighted by molar-refractivity contribution is 0.00578. The molecule has 0 bridgehead atoms. The zero-order chi connectivity index (χ0) is 17.3. The summed E-state index contributed by atoms with van der Waals surface area (Å²) in [6.45, 7) is 9.14. The van der Waals surface area contributed by atoms with Gasteiger partial charge in [0.05, 0.1) is 17.8 Å². The Morgan fingerprint density at radius 2 is 1.78 bits per heavy atom. The van der Waals surface area contributed by atoms with E-state index in [1.807, 2.05) is 41.8 Å². The topological polar surface area (TPSA) is 43.8 Å². The van der Waals surface area contributed by atoms with E-state index in [2.05, 4.69) is 9.88 Å². The number of ether oxygens (including phenoxy) is 1. The number of rotatable bonds is 6. The summed E-state index contributed by atoms with van der Waals surface area (Å²) in [7, 11) is 3.24. The Kier molecular flexibility index (Phi) is 5.33. The van der Waals surface area contributed by atoms with E-state index in [0.717, 1.165) is 13.0 Å². The van der Waals surface area contributed by atoms with Crippen LogP contribution in [-0.4, -0.2) is 55.5 Å². The van der Waals surface area contributed by atoms with Gasteiger partial charge >= 0.3 is 7.12 Å². The summed E-state index contributed by atoms with van der Waals surface area (Å²) < 4.78 is 31.5. The molecule has 0 saturated carbocycles. The predicted molar refractivity (Wildman–Crippen MR) is 88.6 cm³/mol. The highest BCUT2D eigenvalue weighted by atomic mass is 19.1. The maximum Gasteiger partial charge on any atom is 0.499 e. The molecule has 1 aromatic heterocycles. The molecule has 0 unspecified atom stereocenters. The van der Waals surface area contributed by atoms with Crippen LogP contribution >= 0.6 is 0 Å². The fourth-order valence-corrected chi connectivity index (χ4v) is 2.21. The molecule has 1 fully saturated rings. The molecule has 2 rings (SSSR count). The average molecular weight is 324 g/mol. The van der Waals surface area contributed by atoms with Crippen LogP contribution < -0.4 is 10.2 Å². The van der Waals surface area contributed by atoms with Crippen molar-refractivity contribution in [2.45, 2.75) is 45.3 Å². The summed E-state index contributed by atoms with van der Waals surface area (Å²) in [6, 6.07) is 3.27. The molecule has 0 amide bonds. The Labute approximate surface area is 138 Å². The molecule has 5 nitrogen and oxygen atoms in total. The van der Waals surface area contributed by atoms with E-state index in [-0.39, 0.29) is 5.88 Å². The monoisotopic (exact) mass is 324 g/mol. The smallest absolute Gasteiger partial charge is 0.478 e. The highest BCUT2D eigenvalue weighted by Gasteiger charge is 2.52. The van der Waals surface area contributed by atoms with E-state index in [1.165, 1.54) is 0 Å². The fourth-order valence-electron chi connectivity index (χ4n) is 2.21. The second-order valence-electron chi connectivity index (χ2n) is 7.12. The van der Waals surface area contributed by atoms with Gasteiger partial charge in [-0.15, -0.1) is 0 Å². The number of halogens is 1. The van der Waals surface area contributed by atoms with Gasteiger partial charge in [-0.05, 0) is 48.2 Å². The van der Waals surface area contributed by atoms with E-state index in [0.29, 0.717) is 12.1 Å². The second kappa shape index (κ2) is 6.75. The molecule has 1 aliphatic heterocycles. The van der Waals surface area contributed by atoms with Gasteiger partial charge in [0.2, 0.25) is 11.8 Å². The molecule has 0 atom stereocenters. The van der Waals surface area contributed by atoms with Crippen LogP contribution in [0.3, 0.4) is 0 Å². The van der Waals surface area contributed by atoms with Crippen molar-refractivity contribution in [3.63, 3.8) is 0 Å². The van der Waals surface area contributed by atoms with Gasteiger partial charge in [-0.3, -0.25) is 0 Å². The largest absolute Gasteiger partial charge is 0.499 e. The van der Waals surface area contributed by atoms with Crippen LogP contribution in [0.5, 0.6) is 5.88 Å². The minimum atomic E-state index is -0.754. The summed E-state index contributed by atoms with van der Waals surface area (Å²) in [4.78, 5) is 5.94. The SMILES string of the molecule is CN(C)CCCOc1ccc(B2OC(C)(C)C(C)(C)O2)c(F)n1. The first-order valence-electron chi connectivity index (χ1n) is 7.92. The maximum atomic E-state index is 14.3. The Bertz CT molecular complexity index is 536. The third kappa shape index (κ3) is 4.22. The number of nitrogens with zero attached hydrogens (tertiary/aromatic N) is 2. The first-order valence-corrected chi connectivity index (χ1v) is 7.92. The van der Waals surface area contributed by atoms with Crippen molar-refractivity contribution in [3.05, 3.63) is 18.1 Å². The number of hydrogen-bond donors (Lipinski definition) is 0. The molecular formula is C16H26BFN2O3. The number of aromatic nitrogens is 1. The standard InChI is InChI=1S/C16H26BFN2O3/c1-15(2)16(3,4)23-17(22-15)12-8-9-13(19-14(12)18)21-11-7-10-20(5)6/h8-9H,7,10-11H2,1-6H3. The first-order chi connectivity index (χ1) is 10.6. The lowest BCUT2D eigenvalue weighted by atomic mass is 9.80. The summed E-state index contributed by atoms with van der Waals surface area (Å²) >= 11 is 0. The minimum Gasteiger partial charge on any atom is -0.478 e. The Morgan fingerprint density at radius 3 is 2.30 bits per heavy atom. The lowest BCUT2D eigenvalue weighted by Crippen LogP contribution is -2.41. The molecule has 0 N–H and O–H groups in total. The van der Waals surface area contributed by atoms with Crippen LogP contribution in [0.4, 0.5) is 4.39 Å². The van der Waals surface area contributed by atoms with Gasteiger partial charge in [0.15, 0.2) is 0 Å². The van der Waals surface area contributed by atoms with Gasteiger partial charge in [-0.25, -0.2) is 0 Å². The zero-order valence-corrected chi connectivity index (χ0v) is 14.9. The molecule has 1 saturated heterocycles. The highest BCUT2D eigenvalue weighted by Crippen LogP contribution is 2.36. The maximum absolute atomic E-state index is 14.3. The summed E-state index contributed by atoms with van der Waals surface area (Å²) in [5.74, 6) is -0.338. The Morgan fingerprint density at radius 1 is 1.17 bits per heavy atom. The normalized spacial score (nSPS) is 19.4. The third-order valence-corrected chi connectivity index (χ3v) is 4.36. The second-order valence-corrected chi connectivity index (χ2v) is 7.12. The molecule has 1 aromatic rings. The quantitative estimate of drug-likeness (QED) is 0.454. The summed E-state index contributed by atoms with van der Waals surface area (Å²) in [5, 5.41) is 0. The molecule has 0 aromatic carbocycles. The van der Waals surface area contributed by atoms with Crippen molar-refractivity contribution in [3.8, 4) is 5.88 Å². The van der Waals surface area contributed by atoms with E-state index < -0.39 is 24.3 Å². The molecule has 128 valence electrons. The third-order valence-electron chi connectivity index (χ3n) is 4.36. The van der Waals surface area contributed by atoms with Gasteiger partial charge in [0, 0.05) is 18.1 Å². The Balaban J connectivity index is 2.00. The lowest BCUT2D eigenvalue weighted by Gasteiger charge is -2.32. The van der Waals surface area contributed by atoms with Crippen LogP contribution in [0.25, 0.3) is 0 Å². The predicted octanol–water partition coefficient (Wildman–Crippen LogP) is 1.85. The van der Waals surface area contributed by atoms with E-state index in [9.17, 15) is 4.39 Å². The molecular weight excluding hydrogens is 298 g/mol. The van der Waals surface area contributed by atoms with Crippen LogP contribution in [0.15, 0.2) is 12.1 Å². The van der Waals surface area contributed by atoms with Gasteiger partial charge in [0.1, 0.15) is 0 Å². The molecule has 23 heavy (non-hydrogen) atoms. The molecule has 0 radical (unpaired) electrons. The van der Waals surface area contributed by atoms with Crippen molar-refractivity contribution >= 4 is 12.6 Å². The molecule has 0 spiro atoms. The first kappa shape index (κ1) is 18.2. The van der Waals surface area contributed by atoms with Gasteiger partial charge in [-0.2, -0.15) is 9.37 Å². The van der Waals surface area contributed by atoms with E-state index >= 15 is 0 Å². The van der Waals surface area contributed by atoms with Crippen molar-refractivity contribution in [1.29, 1.82) is 0 Å². The van der Waals surface area contributed by atoms with Crippen LogP contribution in [0.1, 0.15) is 34.1 Å². The Hall–Kier alpha value is -1.18. The zero-order valence-electron chi connectivity index (χ0n) is 14.9. The average Bonchev–Trinajstić information content (AvgIpc) is 2.63. The highest BCUT2D eigenvalue weighted by molar-refractivity contribution is 6.62. The van der Waals surface area contributed by atoms with Crippen molar-refractivity contribution in [1.82, 2.24) is 9.88 Å². The van der Waals surface area contributed by atoms with Gasteiger partial charge < -0.3 is 18.9 Å². The molecule has 1 aliphatic rings. The minimum absolute atomic E-state index is 0.279. The van der Waals surface area contributed by atoms with Crippen molar-refractivity contribution < 1.29 is 18.4 Å².